The molecule has 1 heterocycles. The van der Waals surface area contributed by atoms with E-state index >= 15 is 0 Å². The van der Waals surface area contributed by atoms with Crippen LogP contribution in [0.5, 0.6) is 0 Å². The SMILES string of the molecule is CN(C)S(=O)(=O)Nc1ccc2c(c1)N(S(C)(=O)=O)CC2. The molecular formula is C11H17N3O4S2. The predicted octanol–water partition coefficient (Wildman–Crippen LogP) is 0.227. The third-order valence-corrected chi connectivity index (χ3v) is 5.70. The second-order valence-electron chi connectivity index (χ2n) is 4.82. The third kappa shape index (κ3) is 2.89. The Kier molecular flexibility index (Phi) is 3.69. The molecule has 0 atom stereocenters. The molecule has 7 nitrogen and oxygen atoms in total. The number of benzene rings is 1. The molecule has 0 fully saturated rings. The zero-order valence-corrected chi connectivity index (χ0v) is 13.1. The molecule has 0 spiro atoms. The predicted molar refractivity (Wildman–Crippen MR) is 78.6 cm³/mol. The zero-order chi connectivity index (χ0) is 15.1. The van der Waals surface area contributed by atoms with Crippen molar-refractivity contribution in [3.63, 3.8) is 0 Å². The van der Waals surface area contributed by atoms with Gasteiger partial charge in [0.05, 0.1) is 17.6 Å². The standard InChI is InChI=1S/C11H17N3O4S2/c1-13(2)20(17,18)12-10-5-4-9-6-7-14(11(9)8-10)19(3,15)16/h4-5,8,12H,6-7H2,1-3H3. The lowest BCUT2D eigenvalue weighted by molar-refractivity contribution is 0.527. The lowest BCUT2D eigenvalue weighted by Crippen LogP contribution is -2.29. The van der Waals surface area contributed by atoms with Gasteiger partial charge in [0, 0.05) is 20.6 Å². The van der Waals surface area contributed by atoms with Gasteiger partial charge >= 0.3 is 10.2 Å². The molecule has 0 aliphatic carbocycles. The average Bonchev–Trinajstić information content (AvgIpc) is 2.70. The van der Waals surface area contributed by atoms with Gasteiger partial charge in [-0.25, -0.2) is 8.42 Å². The molecule has 0 bridgehead atoms. The van der Waals surface area contributed by atoms with E-state index in [1.165, 1.54) is 18.4 Å². The molecule has 112 valence electrons. The Hall–Kier alpha value is -1.32. The molecule has 1 aromatic rings. The van der Waals surface area contributed by atoms with Crippen LogP contribution in [0.1, 0.15) is 5.56 Å². The molecule has 2 rings (SSSR count). The van der Waals surface area contributed by atoms with Gasteiger partial charge in [-0.05, 0) is 24.1 Å². The highest BCUT2D eigenvalue weighted by Gasteiger charge is 2.26. The van der Waals surface area contributed by atoms with Crippen LogP contribution in [0, 0.1) is 0 Å². The zero-order valence-electron chi connectivity index (χ0n) is 11.5. The number of fused-ring (bicyclic) bond motifs is 1. The van der Waals surface area contributed by atoms with Gasteiger partial charge in [-0.2, -0.15) is 12.7 Å². The fourth-order valence-corrected chi connectivity index (χ4v) is 3.56. The summed E-state index contributed by atoms with van der Waals surface area (Å²) in [5, 5.41) is 0. The topological polar surface area (TPSA) is 86.8 Å². The van der Waals surface area contributed by atoms with E-state index in [9.17, 15) is 16.8 Å². The summed E-state index contributed by atoms with van der Waals surface area (Å²) in [5.74, 6) is 0. The number of rotatable bonds is 4. The van der Waals surface area contributed by atoms with Crippen LogP contribution in [0.2, 0.25) is 0 Å². The third-order valence-electron chi connectivity index (χ3n) is 3.07. The van der Waals surface area contributed by atoms with E-state index in [-0.39, 0.29) is 0 Å². The van der Waals surface area contributed by atoms with Gasteiger partial charge in [0.25, 0.3) is 0 Å². The molecule has 20 heavy (non-hydrogen) atoms. The van der Waals surface area contributed by atoms with Gasteiger partial charge in [0.2, 0.25) is 10.0 Å². The summed E-state index contributed by atoms with van der Waals surface area (Å²) in [6.45, 7) is 0.387. The van der Waals surface area contributed by atoms with Gasteiger partial charge < -0.3 is 0 Å². The Labute approximate surface area is 119 Å². The van der Waals surface area contributed by atoms with Crippen molar-refractivity contribution in [3.8, 4) is 0 Å². The number of hydrogen-bond acceptors (Lipinski definition) is 4. The molecule has 1 aromatic carbocycles. The number of sulfonamides is 1. The molecule has 0 radical (unpaired) electrons. The maximum atomic E-state index is 11.8. The molecule has 1 aliphatic rings. The summed E-state index contributed by atoms with van der Waals surface area (Å²) in [4.78, 5) is 0. The number of hydrogen-bond donors (Lipinski definition) is 1. The first kappa shape index (κ1) is 15.1. The highest BCUT2D eigenvalue weighted by molar-refractivity contribution is 7.92. The first-order valence-electron chi connectivity index (χ1n) is 5.92. The van der Waals surface area contributed by atoms with E-state index in [4.69, 9.17) is 0 Å². The lowest BCUT2D eigenvalue weighted by atomic mass is 10.1. The highest BCUT2D eigenvalue weighted by atomic mass is 32.2. The minimum atomic E-state index is -3.61. The van der Waals surface area contributed by atoms with Gasteiger partial charge in [0.15, 0.2) is 0 Å². The summed E-state index contributed by atoms with van der Waals surface area (Å²) in [6, 6.07) is 4.92. The van der Waals surface area contributed by atoms with Crippen molar-refractivity contribution < 1.29 is 16.8 Å². The summed E-state index contributed by atoms with van der Waals surface area (Å²) >= 11 is 0. The van der Waals surface area contributed by atoms with Crippen molar-refractivity contribution in [1.82, 2.24) is 4.31 Å². The molecule has 0 unspecified atom stereocenters. The molecule has 0 saturated carbocycles. The van der Waals surface area contributed by atoms with Crippen LogP contribution in [0.4, 0.5) is 11.4 Å². The first-order valence-corrected chi connectivity index (χ1v) is 9.21. The van der Waals surface area contributed by atoms with Crippen molar-refractivity contribution in [2.75, 3.05) is 35.9 Å². The minimum absolute atomic E-state index is 0.341. The highest BCUT2D eigenvalue weighted by Crippen LogP contribution is 2.32. The number of nitrogens with zero attached hydrogens (tertiary/aromatic N) is 2. The Morgan fingerprint density at radius 2 is 1.85 bits per heavy atom. The van der Waals surface area contributed by atoms with Crippen LogP contribution in [0.3, 0.4) is 0 Å². The fourth-order valence-electron chi connectivity index (χ4n) is 2.00. The van der Waals surface area contributed by atoms with E-state index in [0.29, 0.717) is 24.3 Å². The van der Waals surface area contributed by atoms with Crippen LogP contribution >= 0.6 is 0 Å². The van der Waals surface area contributed by atoms with Crippen LogP contribution in [0.25, 0.3) is 0 Å². The Balaban J connectivity index is 2.38. The summed E-state index contributed by atoms with van der Waals surface area (Å²) in [5.41, 5.74) is 1.77. The molecule has 0 aromatic heterocycles. The van der Waals surface area contributed by atoms with Gasteiger partial charge in [-0.1, -0.05) is 6.07 Å². The Bertz CT molecular complexity index is 726. The average molecular weight is 319 g/mol. The summed E-state index contributed by atoms with van der Waals surface area (Å²) < 4.78 is 51.6. The van der Waals surface area contributed by atoms with E-state index in [1.807, 2.05) is 0 Å². The van der Waals surface area contributed by atoms with Gasteiger partial charge in [0.1, 0.15) is 0 Å². The second-order valence-corrected chi connectivity index (χ2v) is 8.61. The van der Waals surface area contributed by atoms with Crippen molar-refractivity contribution in [2.24, 2.45) is 0 Å². The van der Waals surface area contributed by atoms with Crippen molar-refractivity contribution in [2.45, 2.75) is 6.42 Å². The van der Waals surface area contributed by atoms with Gasteiger partial charge in [-0.15, -0.1) is 0 Å². The van der Waals surface area contributed by atoms with E-state index in [2.05, 4.69) is 4.72 Å². The molecular weight excluding hydrogens is 302 g/mol. The largest absolute Gasteiger partial charge is 0.301 e. The summed E-state index contributed by atoms with van der Waals surface area (Å²) in [6.07, 6.45) is 1.77. The Morgan fingerprint density at radius 3 is 2.40 bits per heavy atom. The maximum Gasteiger partial charge on any atom is 0.301 e. The van der Waals surface area contributed by atoms with E-state index in [1.54, 1.807) is 18.2 Å². The monoisotopic (exact) mass is 319 g/mol. The molecule has 9 heteroatoms. The van der Waals surface area contributed by atoms with Crippen molar-refractivity contribution in [3.05, 3.63) is 23.8 Å². The number of anilines is 2. The maximum absolute atomic E-state index is 11.8. The van der Waals surface area contributed by atoms with Crippen molar-refractivity contribution in [1.29, 1.82) is 0 Å². The lowest BCUT2D eigenvalue weighted by Gasteiger charge is -2.18. The van der Waals surface area contributed by atoms with E-state index < -0.39 is 20.2 Å². The summed E-state index contributed by atoms with van der Waals surface area (Å²) in [7, 11) is -4.12. The normalized spacial score (nSPS) is 15.5. The Morgan fingerprint density at radius 1 is 1.20 bits per heavy atom. The van der Waals surface area contributed by atoms with Crippen LogP contribution in [-0.2, 0) is 26.7 Å². The second kappa shape index (κ2) is 4.90. The van der Waals surface area contributed by atoms with Crippen LogP contribution in [0.15, 0.2) is 18.2 Å². The fraction of sp³-hybridized carbons (Fsp3) is 0.455. The van der Waals surface area contributed by atoms with Crippen molar-refractivity contribution >= 4 is 31.6 Å². The van der Waals surface area contributed by atoms with Gasteiger partial charge in [-0.3, -0.25) is 9.03 Å². The first-order chi connectivity index (χ1) is 9.11. The van der Waals surface area contributed by atoms with Crippen LogP contribution in [-0.4, -0.2) is 48.0 Å². The smallest absolute Gasteiger partial charge is 0.271 e. The quantitative estimate of drug-likeness (QED) is 0.860. The van der Waals surface area contributed by atoms with Crippen LogP contribution < -0.4 is 9.03 Å². The number of nitrogens with one attached hydrogen (secondary N) is 1. The minimum Gasteiger partial charge on any atom is -0.271 e. The molecule has 0 saturated heterocycles. The molecule has 0 amide bonds. The van der Waals surface area contributed by atoms with E-state index in [0.717, 1.165) is 16.1 Å². The molecule has 1 N–H and O–H groups in total. The molecule has 1 aliphatic heterocycles.